The Kier molecular flexibility index (Phi) is 4.07. The van der Waals surface area contributed by atoms with E-state index in [0.717, 1.165) is 17.7 Å². The third-order valence-corrected chi connectivity index (χ3v) is 2.58. The van der Waals surface area contributed by atoms with Gasteiger partial charge in [-0.15, -0.1) is 0 Å². The average Bonchev–Trinajstić information content (AvgIpc) is 2.84. The van der Waals surface area contributed by atoms with E-state index >= 15 is 0 Å². The number of nitrogens with one attached hydrogen (secondary N) is 1. The number of carbonyl (C=O) groups excluding carboxylic acids is 1. The summed E-state index contributed by atoms with van der Waals surface area (Å²) in [6.07, 6.45) is 4.03. The second-order valence-electron chi connectivity index (χ2n) is 4.05. The van der Waals surface area contributed by atoms with Crippen LogP contribution in [0.25, 0.3) is 0 Å². The van der Waals surface area contributed by atoms with Crippen LogP contribution in [0.15, 0.2) is 40.0 Å². The van der Waals surface area contributed by atoms with E-state index in [-0.39, 0.29) is 5.91 Å². The minimum absolute atomic E-state index is 0.338. The van der Waals surface area contributed by atoms with Crippen molar-refractivity contribution in [3.63, 3.8) is 0 Å². The normalized spacial score (nSPS) is 10.8. The van der Waals surface area contributed by atoms with Crippen LogP contribution in [-0.4, -0.2) is 17.1 Å². The van der Waals surface area contributed by atoms with Crippen molar-refractivity contribution in [2.45, 2.75) is 20.3 Å². The second kappa shape index (κ2) is 5.95. The third kappa shape index (κ3) is 3.51. The molecule has 0 spiro atoms. The average molecular weight is 257 g/mol. The summed E-state index contributed by atoms with van der Waals surface area (Å²) < 4.78 is 5.29. The molecule has 1 N–H and O–H groups in total. The van der Waals surface area contributed by atoms with Gasteiger partial charge in [0.05, 0.1) is 6.21 Å². The molecule has 0 radical (unpaired) electrons. The molecular weight excluding hydrogens is 242 g/mol. The molecule has 0 atom stereocenters. The summed E-state index contributed by atoms with van der Waals surface area (Å²) in [7, 11) is 0. The van der Waals surface area contributed by atoms with Crippen LogP contribution in [0.3, 0.4) is 0 Å². The third-order valence-electron chi connectivity index (χ3n) is 2.58. The molecule has 2 aromatic heterocycles. The molecule has 0 aliphatic carbocycles. The molecule has 0 unspecified atom stereocenters. The highest BCUT2D eigenvalue weighted by atomic mass is 16.3. The molecule has 2 heterocycles. The maximum Gasteiger partial charge on any atom is 0.289 e. The predicted octanol–water partition coefficient (Wildman–Crippen LogP) is 2.31. The van der Waals surface area contributed by atoms with E-state index in [9.17, 15) is 4.79 Å². The van der Waals surface area contributed by atoms with Crippen molar-refractivity contribution in [3.05, 3.63) is 53.2 Å². The van der Waals surface area contributed by atoms with E-state index in [4.69, 9.17) is 4.42 Å². The topological polar surface area (TPSA) is 67.5 Å². The molecule has 0 saturated carbocycles. The summed E-state index contributed by atoms with van der Waals surface area (Å²) in [5, 5.41) is 3.82. The molecule has 98 valence electrons. The van der Waals surface area contributed by atoms with Gasteiger partial charge in [-0.2, -0.15) is 5.10 Å². The molecule has 0 aliphatic rings. The lowest BCUT2D eigenvalue weighted by molar-refractivity contribution is 0.0950. The van der Waals surface area contributed by atoms with E-state index < -0.39 is 0 Å². The smallest absolute Gasteiger partial charge is 0.289 e. The van der Waals surface area contributed by atoms with Crippen molar-refractivity contribution in [2.75, 3.05) is 0 Å². The highest BCUT2D eigenvalue weighted by Gasteiger charge is 2.05. The molecule has 2 aromatic rings. The van der Waals surface area contributed by atoms with Crippen molar-refractivity contribution in [3.8, 4) is 0 Å². The number of hydrogen-bond acceptors (Lipinski definition) is 4. The fourth-order valence-corrected chi connectivity index (χ4v) is 1.50. The number of pyridine rings is 1. The summed E-state index contributed by atoms with van der Waals surface area (Å²) in [5.41, 5.74) is 3.83. The maximum absolute atomic E-state index is 11.7. The van der Waals surface area contributed by atoms with Gasteiger partial charge < -0.3 is 4.42 Å². The monoisotopic (exact) mass is 257 g/mol. The Morgan fingerprint density at radius 1 is 1.42 bits per heavy atom. The van der Waals surface area contributed by atoms with Gasteiger partial charge in [-0.3, -0.25) is 9.78 Å². The number of nitrogens with zero attached hydrogens (tertiary/aromatic N) is 2. The first kappa shape index (κ1) is 13.0. The van der Waals surface area contributed by atoms with Crippen LogP contribution in [0.2, 0.25) is 0 Å². The Bertz CT molecular complexity index is 585. The number of rotatable bonds is 4. The minimum Gasteiger partial charge on any atom is -0.460 e. The lowest BCUT2D eigenvalue weighted by atomic mass is 10.2. The number of aryl methyl sites for hydroxylation is 2. The van der Waals surface area contributed by atoms with E-state index in [1.54, 1.807) is 18.3 Å². The zero-order valence-corrected chi connectivity index (χ0v) is 10.9. The molecule has 5 heteroatoms. The van der Waals surface area contributed by atoms with Gasteiger partial charge in [0, 0.05) is 6.20 Å². The quantitative estimate of drug-likeness (QED) is 0.675. The summed E-state index contributed by atoms with van der Waals surface area (Å²) in [4.78, 5) is 15.8. The molecule has 0 aromatic carbocycles. The number of aromatic nitrogens is 1. The molecule has 0 aliphatic heterocycles. The van der Waals surface area contributed by atoms with E-state index in [1.807, 2.05) is 26.0 Å². The van der Waals surface area contributed by atoms with Gasteiger partial charge in [-0.05, 0) is 37.1 Å². The number of furan rings is 1. The van der Waals surface area contributed by atoms with E-state index in [2.05, 4.69) is 15.5 Å². The van der Waals surface area contributed by atoms with Crippen molar-refractivity contribution >= 4 is 12.1 Å². The Balaban J connectivity index is 1.95. The number of hydrogen-bond donors (Lipinski definition) is 1. The SMILES string of the molecule is CCc1ccc(C(=O)NN=Cc2ccc(C)o2)nc1. The molecule has 1 amide bonds. The molecule has 0 fully saturated rings. The molecule has 19 heavy (non-hydrogen) atoms. The molecule has 0 bridgehead atoms. The zero-order valence-electron chi connectivity index (χ0n) is 10.9. The Morgan fingerprint density at radius 2 is 2.26 bits per heavy atom. The minimum atomic E-state index is -0.345. The van der Waals surface area contributed by atoms with Crippen LogP contribution in [0.1, 0.15) is 34.5 Å². The standard InChI is InChI=1S/C14H15N3O2/c1-3-11-5-7-13(15-8-11)14(18)17-16-9-12-6-4-10(2)19-12/h4-9H,3H2,1-2H3,(H,17,18). The number of hydrazone groups is 1. The van der Waals surface area contributed by atoms with Gasteiger partial charge in [-0.1, -0.05) is 13.0 Å². The fourth-order valence-electron chi connectivity index (χ4n) is 1.50. The van der Waals surface area contributed by atoms with Crippen LogP contribution in [0.5, 0.6) is 0 Å². The first-order chi connectivity index (χ1) is 9.19. The fraction of sp³-hybridized carbons (Fsp3) is 0.214. The summed E-state index contributed by atoms with van der Waals surface area (Å²) in [6, 6.07) is 7.16. The first-order valence-electron chi connectivity index (χ1n) is 6.04. The molecular formula is C14H15N3O2. The number of carbonyl (C=O) groups is 1. The van der Waals surface area contributed by atoms with Crippen molar-refractivity contribution < 1.29 is 9.21 Å². The van der Waals surface area contributed by atoms with Gasteiger partial charge in [0.15, 0.2) is 0 Å². The Hall–Kier alpha value is -2.43. The number of amides is 1. The Labute approximate surface area is 111 Å². The second-order valence-corrected chi connectivity index (χ2v) is 4.05. The molecule has 0 saturated heterocycles. The van der Waals surface area contributed by atoms with Crippen molar-refractivity contribution in [1.29, 1.82) is 0 Å². The lowest BCUT2D eigenvalue weighted by Crippen LogP contribution is -2.18. The first-order valence-corrected chi connectivity index (χ1v) is 6.04. The Morgan fingerprint density at radius 3 is 2.84 bits per heavy atom. The summed E-state index contributed by atoms with van der Waals surface area (Å²) >= 11 is 0. The molecule has 2 rings (SSSR count). The van der Waals surface area contributed by atoms with Gasteiger partial charge in [0.1, 0.15) is 17.2 Å². The van der Waals surface area contributed by atoms with Crippen LogP contribution in [-0.2, 0) is 6.42 Å². The van der Waals surface area contributed by atoms with Gasteiger partial charge >= 0.3 is 0 Å². The largest absolute Gasteiger partial charge is 0.460 e. The van der Waals surface area contributed by atoms with Crippen LogP contribution in [0, 0.1) is 6.92 Å². The highest BCUT2D eigenvalue weighted by Crippen LogP contribution is 2.03. The van der Waals surface area contributed by atoms with Gasteiger partial charge in [-0.25, -0.2) is 5.43 Å². The van der Waals surface area contributed by atoms with Crippen molar-refractivity contribution in [1.82, 2.24) is 10.4 Å². The maximum atomic E-state index is 11.7. The van der Waals surface area contributed by atoms with Gasteiger partial charge in [0.25, 0.3) is 5.91 Å². The van der Waals surface area contributed by atoms with Crippen LogP contribution < -0.4 is 5.43 Å². The summed E-state index contributed by atoms with van der Waals surface area (Å²) in [5.74, 6) is 1.04. The van der Waals surface area contributed by atoms with Gasteiger partial charge in [0.2, 0.25) is 0 Å². The zero-order chi connectivity index (χ0) is 13.7. The van der Waals surface area contributed by atoms with Crippen molar-refractivity contribution in [2.24, 2.45) is 5.10 Å². The highest BCUT2D eigenvalue weighted by molar-refractivity contribution is 5.92. The van der Waals surface area contributed by atoms with E-state index in [0.29, 0.717) is 11.5 Å². The predicted molar refractivity (Wildman–Crippen MR) is 72.1 cm³/mol. The van der Waals surface area contributed by atoms with E-state index in [1.165, 1.54) is 6.21 Å². The summed E-state index contributed by atoms with van der Waals surface area (Å²) in [6.45, 7) is 3.88. The lowest BCUT2D eigenvalue weighted by Gasteiger charge is -2.00. The van der Waals surface area contributed by atoms with Crippen LogP contribution in [0.4, 0.5) is 0 Å². The molecule has 5 nitrogen and oxygen atoms in total. The van der Waals surface area contributed by atoms with Crippen LogP contribution >= 0.6 is 0 Å².